The van der Waals surface area contributed by atoms with Gasteiger partial charge in [-0.05, 0) is 37.3 Å². The first-order valence-corrected chi connectivity index (χ1v) is 12.5. The highest BCUT2D eigenvalue weighted by atomic mass is 32.2. The number of aromatic nitrogens is 2. The van der Waals surface area contributed by atoms with E-state index in [0.29, 0.717) is 5.52 Å². The van der Waals surface area contributed by atoms with Gasteiger partial charge in [-0.25, -0.2) is 18.1 Å². The van der Waals surface area contributed by atoms with Gasteiger partial charge in [0, 0.05) is 18.7 Å². The van der Waals surface area contributed by atoms with Gasteiger partial charge < -0.3 is 24.5 Å². The van der Waals surface area contributed by atoms with Gasteiger partial charge >= 0.3 is 12.1 Å². The third kappa shape index (κ3) is 7.07. The fourth-order valence-electron chi connectivity index (χ4n) is 3.59. The van der Waals surface area contributed by atoms with Crippen LogP contribution in [0.1, 0.15) is 25.8 Å². The summed E-state index contributed by atoms with van der Waals surface area (Å²) in [4.78, 5) is 37.2. The largest absolute Gasteiger partial charge is 0.487 e. The van der Waals surface area contributed by atoms with E-state index in [1.807, 2.05) is 4.72 Å². The predicted octanol–water partition coefficient (Wildman–Crippen LogP) is 2.80. The molecule has 2 aromatic carbocycles. The highest BCUT2D eigenvalue weighted by molar-refractivity contribution is 7.89. The number of aldehydes is 1. The van der Waals surface area contributed by atoms with Crippen LogP contribution in [0.3, 0.4) is 0 Å². The van der Waals surface area contributed by atoms with Crippen LogP contribution in [0, 0.1) is 0 Å². The molecule has 1 amide bonds. The summed E-state index contributed by atoms with van der Waals surface area (Å²) >= 11 is 0. The van der Waals surface area contributed by atoms with Crippen LogP contribution in [0.15, 0.2) is 47.6 Å². The number of carboxylic acid groups (broad SMARTS) is 1. The molecule has 0 aliphatic heterocycles. The Morgan fingerprint density at radius 3 is 2.53 bits per heavy atom. The minimum atomic E-state index is -4.53. The van der Waals surface area contributed by atoms with Gasteiger partial charge in [0.15, 0.2) is 0 Å². The van der Waals surface area contributed by atoms with Crippen LogP contribution in [0.4, 0.5) is 18.9 Å². The highest BCUT2D eigenvalue weighted by Crippen LogP contribution is 2.32. The summed E-state index contributed by atoms with van der Waals surface area (Å²) in [5.41, 5.74) is -0.167. The van der Waals surface area contributed by atoms with Crippen molar-refractivity contribution in [3.8, 4) is 5.75 Å². The van der Waals surface area contributed by atoms with Gasteiger partial charge in [0.2, 0.25) is 15.9 Å². The van der Waals surface area contributed by atoms with E-state index < -0.39 is 57.1 Å². The number of nitrogens with one attached hydrogen (secondary N) is 2. The van der Waals surface area contributed by atoms with Crippen molar-refractivity contribution in [3.05, 3.63) is 48.3 Å². The smallest absolute Gasteiger partial charge is 0.416 e. The van der Waals surface area contributed by atoms with Crippen molar-refractivity contribution < 1.29 is 45.8 Å². The average molecular weight is 557 g/mol. The molecule has 204 valence electrons. The maximum Gasteiger partial charge on any atom is 0.416 e. The van der Waals surface area contributed by atoms with Gasteiger partial charge in [-0.15, -0.1) is 0 Å². The molecule has 1 unspecified atom stereocenters. The maximum atomic E-state index is 13.0. The van der Waals surface area contributed by atoms with Gasteiger partial charge in [0.05, 0.1) is 41.9 Å². The number of alkyl halides is 3. The van der Waals surface area contributed by atoms with E-state index in [4.69, 9.17) is 9.84 Å². The molecule has 0 fully saturated rings. The standard InChI is InChI=1S/C23H23F3N4O7S/c1-13(10-30-12-27-18-7-15(23(24,25)26)3-5-19(18)30)37-20-8-16(28-14(2)32)4-6-21(20)38(35,36)29-17(11-31)9-22(33)34/h3-8,11-13,17,29H,9-10H2,1-2H3,(H,28,32)(H,33,34)/t13-,17?/m1/s1. The van der Waals surface area contributed by atoms with Crippen molar-refractivity contribution in [2.45, 2.75) is 50.0 Å². The second kappa shape index (κ2) is 11.2. The summed E-state index contributed by atoms with van der Waals surface area (Å²) in [6, 6.07) is 5.17. The third-order valence-electron chi connectivity index (χ3n) is 5.15. The molecule has 0 spiro atoms. The molecule has 0 saturated heterocycles. The van der Waals surface area contributed by atoms with E-state index in [2.05, 4.69) is 10.3 Å². The van der Waals surface area contributed by atoms with Crippen molar-refractivity contribution in [1.82, 2.24) is 14.3 Å². The molecule has 1 aromatic heterocycles. The number of sulfonamides is 1. The number of benzene rings is 2. The molecular weight excluding hydrogens is 533 g/mol. The fraction of sp³-hybridized carbons (Fsp3) is 0.304. The molecule has 3 rings (SSSR count). The molecule has 0 aliphatic carbocycles. The number of halogens is 3. The number of carboxylic acids is 1. The summed E-state index contributed by atoms with van der Waals surface area (Å²) in [6.45, 7) is 2.86. The predicted molar refractivity (Wildman–Crippen MR) is 128 cm³/mol. The average Bonchev–Trinajstić information content (AvgIpc) is 3.19. The molecule has 3 N–H and O–H groups in total. The number of carbonyl (C=O) groups is 3. The Hall–Kier alpha value is -3.98. The minimum Gasteiger partial charge on any atom is -0.487 e. The number of ether oxygens (including phenoxy) is 1. The number of rotatable bonds is 11. The fourth-order valence-corrected chi connectivity index (χ4v) is 4.87. The van der Waals surface area contributed by atoms with E-state index in [1.54, 1.807) is 6.92 Å². The van der Waals surface area contributed by atoms with Crippen LogP contribution in [-0.2, 0) is 37.1 Å². The highest BCUT2D eigenvalue weighted by Gasteiger charge is 2.31. The van der Waals surface area contributed by atoms with Crippen LogP contribution in [0.5, 0.6) is 5.75 Å². The Morgan fingerprint density at radius 1 is 1.21 bits per heavy atom. The van der Waals surface area contributed by atoms with Crippen molar-refractivity contribution in [2.75, 3.05) is 5.32 Å². The molecule has 0 saturated carbocycles. The lowest BCUT2D eigenvalue weighted by Gasteiger charge is -2.20. The van der Waals surface area contributed by atoms with Crippen LogP contribution in [0.25, 0.3) is 11.0 Å². The van der Waals surface area contributed by atoms with E-state index >= 15 is 0 Å². The summed E-state index contributed by atoms with van der Waals surface area (Å²) in [5.74, 6) is -2.06. The molecule has 11 nitrogen and oxygen atoms in total. The zero-order valence-electron chi connectivity index (χ0n) is 20.0. The minimum absolute atomic E-state index is 0.0507. The van der Waals surface area contributed by atoms with Gasteiger partial charge in [-0.3, -0.25) is 9.59 Å². The lowest BCUT2D eigenvalue weighted by atomic mass is 10.2. The third-order valence-corrected chi connectivity index (χ3v) is 6.68. The topological polar surface area (TPSA) is 157 Å². The van der Waals surface area contributed by atoms with Crippen molar-refractivity contribution in [3.63, 3.8) is 0 Å². The monoisotopic (exact) mass is 556 g/mol. The van der Waals surface area contributed by atoms with Crippen molar-refractivity contribution >= 4 is 44.9 Å². The SMILES string of the molecule is CC(=O)Nc1ccc(S(=O)(=O)NC(C=O)CC(=O)O)c(O[C@H](C)Cn2cnc3cc(C(F)(F)F)ccc32)c1. The Labute approximate surface area is 214 Å². The number of carbonyl (C=O) groups excluding carboxylic acids is 2. The zero-order chi connectivity index (χ0) is 28.3. The van der Waals surface area contributed by atoms with Crippen LogP contribution < -0.4 is 14.8 Å². The molecule has 0 bridgehead atoms. The van der Waals surface area contributed by atoms with Gasteiger partial charge in [0.25, 0.3) is 0 Å². The second-order valence-electron chi connectivity index (χ2n) is 8.33. The molecule has 15 heteroatoms. The number of aliphatic carboxylic acids is 1. The molecule has 0 aliphatic rings. The number of fused-ring (bicyclic) bond motifs is 1. The van der Waals surface area contributed by atoms with E-state index in [-0.39, 0.29) is 29.8 Å². The van der Waals surface area contributed by atoms with E-state index in [1.165, 1.54) is 36.0 Å². The Balaban J connectivity index is 1.90. The molecular formula is C23H23F3N4O7S. The summed E-state index contributed by atoms with van der Waals surface area (Å²) in [7, 11) is -4.46. The Kier molecular flexibility index (Phi) is 8.41. The molecule has 1 heterocycles. The Bertz CT molecular complexity index is 1470. The quantitative estimate of drug-likeness (QED) is 0.305. The number of nitrogens with zero attached hydrogens (tertiary/aromatic N) is 2. The molecule has 3 aromatic rings. The lowest BCUT2D eigenvalue weighted by Crippen LogP contribution is -2.37. The number of amides is 1. The van der Waals surface area contributed by atoms with Crippen molar-refractivity contribution in [1.29, 1.82) is 0 Å². The Morgan fingerprint density at radius 2 is 1.92 bits per heavy atom. The van der Waals surface area contributed by atoms with Gasteiger partial charge in [-0.2, -0.15) is 13.2 Å². The zero-order valence-corrected chi connectivity index (χ0v) is 20.8. The van der Waals surface area contributed by atoms with E-state index in [0.717, 1.165) is 18.2 Å². The van der Waals surface area contributed by atoms with Crippen LogP contribution in [-0.4, -0.2) is 53.4 Å². The molecule has 38 heavy (non-hydrogen) atoms. The molecule has 0 radical (unpaired) electrons. The number of hydrogen-bond donors (Lipinski definition) is 3. The van der Waals surface area contributed by atoms with Crippen LogP contribution >= 0.6 is 0 Å². The van der Waals surface area contributed by atoms with E-state index in [9.17, 15) is 36.0 Å². The normalized spacial score (nSPS) is 13.6. The van der Waals surface area contributed by atoms with Gasteiger partial charge in [0.1, 0.15) is 23.0 Å². The van der Waals surface area contributed by atoms with Crippen LogP contribution in [0.2, 0.25) is 0 Å². The van der Waals surface area contributed by atoms with Gasteiger partial charge in [-0.1, -0.05) is 0 Å². The first kappa shape index (κ1) is 28.6. The molecule has 2 atom stereocenters. The second-order valence-corrected chi connectivity index (χ2v) is 10.0. The summed E-state index contributed by atoms with van der Waals surface area (Å²) in [6.07, 6.45) is -4.62. The summed E-state index contributed by atoms with van der Waals surface area (Å²) in [5, 5.41) is 11.4. The summed E-state index contributed by atoms with van der Waals surface area (Å²) < 4.78 is 74.4. The lowest BCUT2D eigenvalue weighted by molar-refractivity contribution is -0.138. The van der Waals surface area contributed by atoms with Crippen molar-refractivity contribution in [2.24, 2.45) is 0 Å². The first-order chi connectivity index (χ1) is 17.7. The number of anilines is 1. The number of imidazole rings is 1. The number of hydrogen-bond acceptors (Lipinski definition) is 7. The first-order valence-electron chi connectivity index (χ1n) is 11.0. The maximum absolute atomic E-state index is 13.0.